The summed E-state index contributed by atoms with van der Waals surface area (Å²) in [6.45, 7) is 2.62. The molecule has 0 unspecified atom stereocenters. The van der Waals surface area contributed by atoms with E-state index < -0.39 is 23.7 Å². The number of nitrogens with one attached hydrogen (secondary N) is 1. The molecule has 8 heteroatoms. The van der Waals surface area contributed by atoms with E-state index in [-0.39, 0.29) is 44.4 Å². The molecule has 1 atom stereocenters. The van der Waals surface area contributed by atoms with Crippen molar-refractivity contribution in [1.29, 1.82) is 0 Å². The van der Waals surface area contributed by atoms with Crippen molar-refractivity contribution in [3.05, 3.63) is 59.7 Å². The second-order valence-electron chi connectivity index (χ2n) is 9.14. The maximum atomic E-state index is 13.1. The van der Waals surface area contributed by atoms with Gasteiger partial charge in [-0.3, -0.25) is 4.79 Å². The molecule has 1 saturated heterocycles. The third kappa shape index (κ3) is 4.89. The van der Waals surface area contributed by atoms with Gasteiger partial charge in [-0.05, 0) is 28.7 Å². The van der Waals surface area contributed by atoms with Crippen molar-refractivity contribution in [2.45, 2.75) is 50.2 Å². The molecule has 1 aliphatic carbocycles. The molecule has 0 spiro atoms. The Morgan fingerprint density at radius 1 is 1.06 bits per heavy atom. The number of ether oxygens (including phenoxy) is 2. The first-order valence-corrected chi connectivity index (χ1v) is 12.1. The molecule has 0 radical (unpaired) electrons. The number of carbonyl (C=O) groups excluding carboxylic acids is 2. The van der Waals surface area contributed by atoms with Gasteiger partial charge in [0.1, 0.15) is 12.6 Å². The van der Waals surface area contributed by atoms with Gasteiger partial charge < -0.3 is 24.8 Å². The molecule has 2 aromatic rings. The molecule has 4 rings (SSSR count). The van der Waals surface area contributed by atoms with Crippen molar-refractivity contribution in [3.8, 4) is 11.1 Å². The first-order valence-electron chi connectivity index (χ1n) is 12.1. The molecule has 1 fully saturated rings. The monoisotopic (exact) mass is 480 g/mol. The quantitative estimate of drug-likeness (QED) is 0.596. The number of fused-ring (bicyclic) bond motifs is 3. The molecule has 2 aliphatic rings. The highest BCUT2D eigenvalue weighted by Gasteiger charge is 2.43. The van der Waals surface area contributed by atoms with Gasteiger partial charge in [0.2, 0.25) is 5.91 Å². The van der Waals surface area contributed by atoms with Crippen LogP contribution in [0.15, 0.2) is 48.5 Å². The lowest BCUT2D eigenvalue weighted by molar-refractivity contribution is -0.170. The van der Waals surface area contributed by atoms with E-state index in [1.54, 1.807) is 4.90 Å². The number of methoxy groups -OCH3 is 1. The number of alkyl carbamates (subject to hydrolysis) is 1. The second kappa shape index (κ2) is 10.5. The van der Waals surface area contributed by atoms with Gasteiger partial charge in [0, 0.05) is 39.0 Å². The minimum absolute atomic E-state index is 0.0613. The van der Waals surface area contributed by atoms with Crippen molar-refractivity contribution in [2.24, 2.45) is 0 Å². The summed E-state index contributed by atoms with van der Waals surface area (Å²) in [5.74, 6) is -1.31. The number of hydrogen-bond donors (Lipinski definition) is 2. The van der Waals surface area contributed by atoms with Gasteiger partial charge >= 0.3 is 12.1 Å². The summed E-state index contributed by atoms with van der Waals surface area (Å²) in [4.78, 5) is 39.1. The third-order valence-electron chi connectivity index (χ3n) is 7.17. The number of benzene rings is 2. The minimum Gasteiger partial charge on any atom is -0.479 e. The minimum atomic E-state index is -1.27. The number of aliphatic carboxylic acids is 1. The fourth-order valence-corrected chi connectivity index (χ4v) is 5.14. The van der Waals surface area contributed by atoms with Crippen LogP contribution in [0.1, 0.15) is 49.7 Å². The Labute approximate surface area is 205 Å². The summed E-state index contributed by atoms with van der Waals surface area (Å²) >= 11 is 0. The lowest BCUT2D eigenvalue weighted by Crippen LogP contribution is -2.56. The fourth-order valence-electron chi connectivity index (χ4n) is 5.14. The number of carboxylic acid groups (broad SMARTS) is 1. The molecule has 2 amide bonds. The van der Waals surface area contributed by atoms with Crippen molar-refractivity contribution in [2.75, 3.05) is 26.8 Å². The van der Waals surface area contributed by atoms with E-state index >= 15 is 0 Å². The predicted octanol–water partition coefficient (Wildman–Crippen LogP) is 3.79. The van der Waals surface area contributed by atoms with Gasteiger partial charge in [0.15, 0.2) is 5.60 Å². The number of piperidine rings is 1. The van der Waals surface area contributed by atoms with Crippen LogP contribution in [0.5, 0.6) is 0 Å². The zero-order chi connectivity index (χ0) is 25.0. The Hall–Kier alpha value is -3.39. The van der Waals surface area contributed by atoms with Gasteiger partial charge in [-0.15, -0.1) is 0 Å². The Morgan fingerprint density at radius 2 is 1.63 bits per heavy atom. The van der Waals surface area contributed by atoms with Gasteiger partial charge in [-0.1, -0.05) is 61.9 Å². The maximum absolute atomic E-state index is 13.1. The standard InChI is InChI=1S/C27H32N2O6/c1-3-8-23(24(30)29-15-13-27(34-2,14-16-29)25(31)32)28-26(33)35-17-22-20-11-6-4-9-18(20)19-10-5-7-12-21(19)22/h4-7,9-12,22-23H,3,8,13-17H2,1-2H3,(H,28,33)(H,31,32)/t23-/m1/s1. The van der Waals surface area contributed by atoms with E-state index in [4.69, 9.17) is 9.47 Å². The molecule has 35 heavy (non-hydrogen) atoms. The molecular weight excluding hydrogens is 448 g/mol. The third-order valence-corrected chi connectivity index (χ3v) is 7.17. The van der Waals surface area contributed by atoms with Gasteiger partial charge in [0.05, 0.1) is 0 Å². The number of rotatable bonds is 8. The highest BCUT2D eigenvalue weighted by atomic mass is 16.5. The van der Waals surface area contributed by atoms with E-state index in [0.29, 0.717) is 12.8 Å². The molecule has 0 bridgehead atoms. The van der Waals surface area contributed by atoms with Crippen LogP contribution in [0, 0.1) is 0 Å². The van der Waals surface area contributed by atoms with Gasteiger partial charge in [-0.2, -0.15) is 0 Å². The largest absolute Gasteiger partial charge is 0.479 e. The SMILES string of the molecule is CCC[C@@H](NC(=O)OCC1c2ccccc2-c2ccccc21)C(=O)N1CCC(OC)(C(=O)O)CC1. The molecule has 8 nitrogen and oxygen atoms in total. The zero-order valence-corrected chi connectivity index (χ0v) is 20.2. The van der Waals surface area contributed by atoms with Crippen LogP contribution in [0.2, 0.25) is 0 Å². The van der Waals surface area contributed by atoms with E-state index in [0.717, 1.165) is 22.3 Å². The van der Waals surface area contributed by atoms with Crippen molar-refractivity contribution >= 4 is 18.0 Å². The number of likely N-dealkylation sites (tertiary alicyclic amines) is 1. The van der Waals surface area contributed by atoms with E-state index in [9.17, 15) is 19.5 Å². The van der Waals surface area contributed by atoms with Gasteiger partial charge in [-0.25, -0.2) is 9.59 Å². The van der Waals surface area contributed by atoms with Crippen molar-refractivity contribution in [1.82, 2.24) is 10.2 Å². The Morgan fingerprint density at radius 3 is 2.14 bits per heavy atom. The maximum Gasteiger partial charge on any atom is 0.407 e. The number of hydrogen-bond acceptors (Lipinski definition) is 5. The second-order valence-corrected chi connectivity index (χ2v) is 9.14. The van der Waals surface area contributed by atoms with E-state index in [1.807, 2.05) is 31.2 Å². The summed E-state index contributed by atoms with van der Waals surface area (Å²) in [6.07, 6.45) is 0.939. The van der Waals surface area contributed by atoms with Crippen LogP contribution in [-0.2, 0) is 19.1 Å². The Bertz CT molecular complexity index is 1050. The molecule has 2 aromatic carbocycles. The lowest BCUT2D eigenvalue weighted by Gasteiger charge is -2.39. The zero-order valence-electron chi connectivity index (χ0n) is 20.2. The smallest absolute Gasteiger partial charge is 0.407 e. The highest BCUT2D eigenvalue weighted by Crippen LogP contribution is 2.44. The molecule has 1 aliphatic heterocycles. The van der Waals surface area contributed by atoms with Crippen molar-refractivity contribution < 1.29 is 29.0 Å². The summed E-state index contributed by atoms with van der Waals surface area (Å²) < 4.78 is 10.9. The van der Waals surface area contributed by atoms with E-state index in [2.05, 4.69) is 29.6 Å². The first kappa shape index (κ1) is 24.7. The molecular formula is C27H32N2O6. The highest BCUT2D eigenvalue weighted by molar-refractivity contribution is 5.86. The van der Waals surface area contributed by atoms with Crippen LogP contribution in [0.4, 0.5) is 4.79 Å². The first-order chi connectivity index (χ1) is 16.9. The van der Waals surface area contributed by atoms with Crippen LogP contribution in [-0.4, -0.2) is 66.4 Å². The van der Waals surface area contributed by atoms with E-state index in [1.165, 1.54) is 7.11 Å². The predicted molar refractivity (Wildman–Crippen MR) is 130 cm³/mol. The Kier molecular flexibility index (Phi) is 7.40. The number of amides is 2. The number of carbonyl (C=O) groups is 3. The van der Waals surface area contributed by atoms with Gasteiger partial charge in [0.25, 0.3) is 0 Å². The van der Waals surface area contributed by atoms with Crippen LogP contribution in [0.25, 0.3) is 11.1 Å². The van der Waals surface area contributed by atoms with Crippen LogP contribution >= 0.6 is 0 Å². The summed E-state index contributed by atoms with van der Waals surface area (Å²) in [5, 5.41) is 12.2. The molecule has 0 saturated carbocycles. The summed E-state index contributed by atoms with van der Waals surface area (Å²) in [5.41, 5.74) is 3.27. The van der Waals surface area contributed by atoms with Crippen molar-refractivity contribution in [3.63, 3.8) is 0 Å². The number of carboxylic acids is 1. The molecule has 1 heterocycles. The van der Waals surface area contributed by atoms with Crippen LogP contribution in [0.3, 0.4) is 0 Å². The lowest BCUT2D eigenvalue weighted by atomic mass is 9.90. The molecule has 2 N–H and O–H groups in total. The Balaban J connectivity index is 1.38. The normalized spacial score (nSPS) is 17.3. The summed E-state index contributed by atoms with van der Waals surface area (Å²) in [6, 6.07) is 15.5. The molecule has 0 aromatic heterocycles. The van der Waals surface area contributed by atoms with Crippen LogP contribution < -0.4 is 5.32 Å². The average molecular weight is 481 g/mol. The average Bonchev–Trinajstić information content (AvgIpc) is 3.20. The fraction of sp³-hybridized carbons (Fsp3) is 0.444. The number of nitrogens with zero attached hydrogens (tertiary/aromatic N) is 1. The molecule has 186 valence electrons. The summed E-state index contributed by atoms with van der Waals surface area (Å²) in [7, 11) is 1.38. The topological polar surface area (TPSA) is 105 Å².